The first-order valence-corrected chi connectivity index (χ1v) is 5.92. The third kappa shape index (κ3) is 2.64. The van der Waals surface area contributed by atoms with Crippen LogP contribution >= 0.6 is 0 Å². The Morgan fingerprint density at radius 1 is 1.56 bits per heavy atom. The minimum Gasteiger partial charge on any atom is -0.364 e. The average molecular weight is 221 g/mol. The van der Waals surface area contributed by atoms with E-state index in [4.69, 9.17) is 0 Å². The van der Waals surface area contributed by atoms with Gasteiger partial charge in [-0.1, -0.05) is 0 Å². The number of rotatable bonds is 4. The second kappa shape index (κ2) is 5.16. The largest absolute Gasteiger partial charge is 0.364 e. The van der Waals surface area contributed by atoms with Crippen molar-refractivity contribution in [3.8, 4) is 0 Å². The molecule has 1 fully saturated rings. The fourth-order valence-corrected chi connectivity index (χ4v) is 2.04. The Hall–Kier alpha value is -1.29. The molecule has 1 atom stereocenters. The Labute approximate surface area is 96.0 Å². The summed E-state index contributed by atoms with van der Waals surface area (Å²) in [7, 11) is 0. The normalized spacial score (nSPS) is 17.7. The van der Waals surface area contributed by atoms with Gasteiger partial charge in [0.2, 0.25) is 5.91 Å². The highest BCUT2D eigenvalue weighted by molar-refractivity contribution is 5.81. The molecule has 1 amide bonds. The molecule has 0 saturated carbocycles. The predicted molar refractivity (Wildman–Crippen MR) is 62.9 cm³/mol. The number of nitrogens with zero attached hydrogens (tertiary/aromatic N) is 1. The summed E-state index contributed by atoms with van der Waals surface area (Å²) in [4.78, 5) is 17.0. The van der Waals surface area contributed by atoms with E-state index in [9.17, 15) is 4.79 Å². The van der Waals surface area contributed by atoms with E-state index >= 15 is 0 Å². The van der Waals surface area contributed by atoms with E-state index in [-0.39, 0.29) is 11.9 Å². The molecule has 88 valence electrons. The van der Waals surface area contributed by atoms with Crippen LogP contribution < -0.4 is 5.32 Å². The van der Waals surface area contributed by atoms with Crippen molar-refractivity contribution in [1.29, 1.82) is 0 Å². The van der Waals surface area contributed by atoms with E-state index in [1.54, 1.807) is 0 Å². The zero-order valence-corrected chi connectivity index (χ0v) is 9.70. The molecule has 2 heterocycles. The molecule has 4 heteroatoms. The number of carbonyl (C=O) groups excluding carboxylic acids is 1. The average Bonchev–Trinajstić information content (AvgIpc) is 2.96. The van der Waals surface area contributed by atoms with E-state index in [1.165, 1.54) is 0 Å². The summed E-state index contributed by atoms with van der Waals surface area (Å²) in [6.07, 6.45) is 4.19. The van der Waals surface area contributed by atoms with E-state index in [2.05, 4.69) is 10.3 Å². The van der Waals surface area contributed by atoms with Gasteiger partial charge >= 0.3 is 0 Å². The number of aromatic nitrogens is 1. The van der Waals surface area contributed by atoms with Gasteiger partial charge in [-0.05, 0) is 31.9 Å². The number of aromatic amines is 1. The first kappa shape index (κ1) is 11.2. The molecule has 1 aliphatic heterocycles. The monoisotopic (exact) mass is 221 g/mol. The molecule has 1 unspecified atom stereocenters. The Morgan fingerprint density at radius 2 is 2.31 bits per heavy atom. The van der Waals surface area contributed by atoms with Crippen LogP contribution in [0.25, 0.3) is 0 Å². The van der Waals surface area contributed by atoms with Crippen LogP contribution in [-0.2, 0) is 11.3 Å². The third-order valence-electron chi connectivity index (χ3n) is 3.05. The molecular formula is C12H19N3O. The summed E-state index contributed by atoms with van der Waals surface area (Å²) in [5, 5.41) is 3.24. The molecule has 0 spiro atoms. The lowest BCUT2D eigenvalue weighted by Crippen LogP contribution is -2.43. The number of likely N-dealkylation sites (tertiary alicyclic amines) is 1. The minimum atomic E-state index is -0.0959. The zero-order chi connectivity index (χ0) is 11.4. The van der Waals surface area contributed by atoms with E-state index < -0.39 is 0 Å². The van der Waals surface area contributed by atoms with Crippen molar-refractivity contribution < 1.29 is 4.79 Å². The maximum Gasteiger partial charge on any atom is 0.239 e. The Balaban J connectivity index is 1.78. The molecule has 1 aromatic heterocycles. The lowest BCUT2D eigenvalue weighted by Gasteiger charge is -2.20. The molecule has 4 nitrogen and oxygen atoms in total. The van der Waals surface area contributed by atoms with Crippen LogP contribution in [0.4, 0.5) is 0 Å². The van der Waals surface area contributed by atoms with Gasteiger partial charge in [0, 0.05) is 31.5 Å². The minimum absolute atomic E-state index is 0.0959. The van der Waals surface area contributed by atoms with Crippen LogP contribution in [0, 0.1) is 0 Å². The smallest absolute Gasteiger partial charge is 0.239 e. The van der Waals surface area contributed by atoms with Crippen molar-refractivity contribution in [2.45, 2.75) is 32.4 Å². The molecule has 2 N–H and O–H groups in total. The second-order valence-corrected chi connectivity index (χ2v) is 4.33. The van der Waals surface area contributed by atoms with Gasteiger partial charge in [-0.2, -0.15) is 0 Å². The highest BCUT2D eigenvalue weighted by atomic mass is 16.2. The molecule has 1 aromatic rings. The summed E-state index contributed by atoms with van der Waals surface area (Å²) in [6.45, 7) is 4.50. The van der Waals surface area contributed by atoms with Gasteiger partial charge in [-0.3, -0.25) is 4.79 Å². The Morgan fingerprint density at radius 3 is 2.94 bits per heavy atom. The van der Waals surface area contributed by atoms with Crippen LogP contribution in [0.5, 0.6) is 0 Å². The van der Waals surface area contributed by atoms with Crippen LogP contribution in [0.15, 0.2) is 18.3 Å². The third-order valence-corrected chi connectivity index (χ3v) is 3.05. The van der Waals surface area contributed by atoms with Gasteiger partial charge in [0.25, 0.3) is 0 Å². The molecule has 0 aromatic carbocycles. The van der Waals surface area contributed by atoms with Crippen molar-refractivity contribution in [2.24, 2.45) is 0 Å². The summed E-state index contributed by atoms with van der Waals surface area (Å²) in [5.74, 6) is 0.226. The summed E-state index contributed by atoms with van der Waals surface area (Å²) >= 11 is 0. The van der Waals surface area contributed by atoms with Crippen LogP contribution in [0.1, 0.15) is 25.5 Å². The number of H-pyrrole nitrogens is 1. The molecule has 1 saturated heterocycles. The number of amides is 1. The van der Waals surface area contributed by atoms with E-state index in [1.807, 2.05) is 30.2 Å². The van der Waals surface area contributed by atoms with Crippen molar-refractivity contribution in [3.63, 3.8) is 0 Å². The van der Waals surface area contributed by atoms with E-state index in [0.717, 1.165) is 31.6 Å². The maximum atomic E-state index is 12.0. The lowest BCUT2D eigenvalue weighted by atomic mass is 10.3. The summed E-state index contributed by atoms with van der Waals surface area (Å²) in [6, 6.07) is 3.88. The molecule has 16 heavy (non-hydrogen) atoms. The van der Waals surface area contributed by atoms with Gasteiger partial charge in [0.1, 0.15) is 0 Å². The Kier molecular flexibility index (Phi) is 3.62. The van der Waals surface area contributed by atoms with Crippen LogP contribution in [-0.4, -0.2) is 34.9 Å². The van der Waals surface area contributed by atoms with Crippen LogP contribution in [0.2, 0.25) is 0 Å². The van der Waals surface area contributed by atoms with Gasteiger partial charge < -0.3 is 15.2 Å². The molecule has 0 bridgehead atoms. The topological polar surface area (TPSA) is 48.1 Å². The molecule has 2 rings (SSSR count). The molecule has 0 aliphatic carbocycles. The SMILES string of the molecule is CC(NCc1ccc[nH]1)C(=O)N1CCCC1. The van der Waals surface area contributed by atoms with Gasteiger partial charge in [0.15, 0.2) is 0 Å². The first-order valence-electron chi connectivity index (χ1n) is 5.92. The highest BCUT2D eigenvalue weighted by Gasteiger charge is 2.22. The van der Waals surface area contributed by atoms with Gasteiger partial charge in [-0.25, -0.2) is 0 Å². The fraction of sp³-hybridized carbons (Fsp3) is 0.583. The standard InChI is InChI=1S/C12H19N3O/c1-10(12(16)15-7-2-3-8-15)14-9-11-5-4-6-13-11/h4-6,10,13-14H,2-3,7-9H2,1H3. The van der Waals surface area contributed by atoms with Crippen LogP contribution in [0.3, 0.4) is 0 Å². The number of hydrogen-bond donors (Lipinski definition) is 2. The first-order chi connectivity index (χ1) is 7.77. The number of nitrogens with one attached hydrogen (secondary N) is 2. The highest BCUT2D eigenvalue weighted by Crippen LogP contribution is 2.09. The Bertz CT molecular complexity index is 328. The zero-order valence-electron chi connectivity index (χ0n) is 9.70. The van der Waals surface area contributed by atoms with Gasteiger partial charge in [0.05, 0.1) is 6.04 Å². The maximum absolute atomic E-state index is 12.0. The molecule has 1 aliphatic rings. The predicted octanol–water partition coefficient (Wildman–Crippen LogP) is 1.12. The number of carbonyl (C=O) groups is 1. The lowest BCUT2D eigenvalue weighted by molar-refractivity contribution is -0.131. The molecule has 0 radical (unpaired) electrons. The van der Waals surface area contributed by atoms with Crippen molar-refractivity contribution in [2.75, 3.05) is 13.1 Å². The second-order valence-electron chi connectivity index (χ2n) is 4.33. The quantitative estimate of drug-likeness (QED) is 0.800. The van der Waals surface area contributed by atoms with Crippen molar-refractivity contribution >= 4 is 5.91 Å². The summed E-state index contributed by atoms with van der Waals surface area (Å²) < 4.78 is 0. The van der Waals surface area contributed by atoms with Gasteiger partial charge in [-0.15, -0.1) is 0 Å². The fourth-order valence-electron chi connectivity index (χ4n) is 2.04. The van der Waals surface area contributed by atoms with E-state index in [0.29, 0.717) is 6.54 Å². The number of hydrogen-bond acceptors (Lipinski definition) is 2. The molecular weight excluding hydrogens is 202 g/mol. The van der Waals surface area contributed by atoms with Crippen molar-refractivity contribution in [3.05, 3.63) is 24.0 Å². The summed E-state index contributed by atoms with van der Waals surface area (Å²) in [5.41, 5.74) is 1.11. The van der Waals surface area contributed by atoms with Crippen molar-refractivity contribution in [1.82, 2.24) is 15.2 Å².